The summed E-state index contributed by atoms with van der Waals surface area (Å²) in [5, 5.41) is 21.3. The molecular weight excluding hydrogens is 202 g/mol. The first-order chi connectivity index (χ1) is 7.58. The maximum atomic E-state index is 9.29. The molecule has 3 heteroatoms. The summed E-state index contributed by atoms with van der Waals surface area (Å²) in [6.45, 7) is 5.91. The fourth-order valence-electron chi connectivity index (χ4n) is 3.01. The third-order valence-corrected chi connectivity index (χ3v) is 3.60. The van der Waals surface area contributed by atoms with Crippen molar-refractivity contribution in [3.05, 3.63) is 0 Å². The summed E-state index contributed by atoms with van der Waals surface area (Å²) in [6, 6.07) is 0. The SMILES string of the molecule is CC(C)CC1(CNC[C@H](O)CO)CCCC1. The third-order valence-electron chi connectivity index (χ3n) is 3.60. The molecule has 1 aliphatic carbocycles. The summed E-state index contributed by atoms with van der Waals surface area (Å²) in [7, 11) is 0. The monoisotopic (exact) mass is 229 g/mol. The van der Waals surface area contributed by atoms with Crippen LogP contribution in [-0.2, 0) is 0 Å². The molecule has 1 fully saturated rings. The van der Waals surface area contributed by atoms with Crippen LogP contribution in [0.5, 0.6) is 0 Å². The molecular formula is C13H27NO2. The summed E-state index contributed by atoms with van der Waals surface area (Å²) in [4.78, 5) is 0. The first-order valence-corrected chi connectivity index (χ1v) is 6.58. The molecule has 0 aromatic heterocycles. The minimum atomic E-state index is -0.613. The van der Waals surface area contributed by atoms with Crippen LogP contribution < -0.4 is 5.32 Å². The molecule has 0 aromatic rings. The summed E-state index contributed by atoms with van der Waals surface area (Å²) < 4.78 is 0. The van der Waals surface area contributed by atoms with Crippen LogP contribution in [0, 0.1) is 11.3 Å². The molecule has 3 nitrogen and oxygen atoms in total. The molecule has 1 rings (SSSR count). The quantitative estimate of drug-likeness (QED) is 0.620. The van der Waals surface area contributed by atoms with Gasteiger partial charge in [-0.25, -0.2) is 0 Å². The molecule has 1 aliphatic rings. The summed E-state index contributed by atoms with van der Waals surface area (Å²) in [5.74, 6) is 0.739. The highest BCUT2D eigenvalue weighted by molar-refractivity contribution is 4.87. The first kappa shape index (κ1) is 13.9. The molecule has 0 amide bonds. The first-order valence-electron chi connectivity index (χ1n) is 6.58. The zero-order chi connectivity index (χ0) is 12.0. The molecule has 0 saturated heterocycles. The van der Waals surface area contributed by atoms with Crippen molar-refractivity contribution in [2.24, 2.45) is 11.3 Å². The van der Waals surface area contributed by atoms with E-state index in [1.165, 1.54) is 32.1 Å². The number of hydrogen-bond donors (Lipinski definition) is 3. The second-order valence-corrected chi connectivity index (χ2v) is 5.77. The number of hydrogen-bond acceptors (Lipinski definition) is 3. The lowest BCUT2D eigenvalue weighted by Gasteiger charge is -2.31. The van der Waals surface area contributed by atoms with E-state index in [0.717, 1.165) is 12.5 Å². The highest BCUT2D eigenvalue weighted by atomic mass is 16.3. The van der Waals surface area contributed by atoms with Gasteiger partial charge < -0.3 is 15.5 Å². The van der Waals surface area contributed by atoms with E-state index in [9.17, 15) is 5.11 Å². The van der Waals surface area contributed by atoms with Gasteiger partial charge in [-0.05, 0) is 30.6 Å². The molecule has 0 spiro atoms. The molecule has 0 heterocycles. The van der Waals surface area contributed by atoms with E-state index < -0.39 is 6.10 Å². The van der Waals surface area contributed by atoms with Crippen molar-refractivity contribution in [1.29, 1.82) is 0 Å². The number of aliphatic hydroxyl groups is 2. The Bertz CT molecular complexity index is 188. The zero-order valence-corrected chi connectivity index (χ0v) is 10.7. The average molecular weight is 229 g/mol. The molecule has 0 aromatic carbocycles. The molecule has 0 unspecified atom stereocenters. The molecule has 0 bridgehead atoms. The van der Waals surface area contributed by atoms with Crippen LogP contribution in [0.1, 0.15) is 46.0 Å². The highest BCUT2D eigenvalue weighted by Crippen LogP contribution is 2.42. The van der Waals surface area contributed by atoms with Gasteiger partial charge in [-0.3, -0.25) is 0 Å². The van der Waals surface area contributed by atoms with Gasteiger partial charge in [0, 0.05) is 13.1 Å². The molecule has 16 heavy (non-hydrogen) atoms. The summed E-state index contributed by atoms with van der Waals surface area (Å²) in [6.07, 6.45) is 5.97. The molecule has 1 atom stereocenters. The van der Waals surface area contributed by atoms with Crippen LogP contribution in [0.3, 0.4) is 0 Å². The smallest absolute Gasteiger partial charge is 0.0894 e. The van der Waals surface area contributed by atoms with Crippen molar-refractivity contribution in [2.45, 2.75) is 52.1 Å². The van der Waals surface area contributed by atoms with E-state index in [4.69, 9.17) is 5.11 Å². The Morgan fingerprint density at radius 1 is 1.25 bits per heavy atom. The van der Waals surface area contributed by atoms with E-state index in [1.807, 2.05) is 0 Å². The van der Waals surface area contributed by atoms with E-state index in [0.29, 0.717) is 12.0 Å². The van der Waals surface area contributed by atoms with Crippen molar-refractivity contribution in [1.82, 2.24) is 5.32 Å². The summed E-state index contributed by atoms with van der Waals surface area (Å²) in [5.41, 5.74) is 0.448. The number of nitrogens with one attached hydrogen (secondary N) is 1. The molecule has 3 N–H and O–H groups in total. The zero-order valence-electron chi connectivity index (χ0n) is 10.7. The number of rotatable bonds is 7. The van der Waals surface area contributed by atoms with Gasteiger partial charge in [-0.1, -0.05) is 26.7 Å². The van der Waals surface area contributed by atoms with Crippen LogP contribution >= 0.6 is 0 Å². The van der Waals surface area contributed by atoms with Crippen LogP contribution in [0.2, 0.25) is 0 Å². The number of aliphatic hydroxyl groups excluding tert-OH is 2. The van der Waals surface area contributed by atoms with Crippen LogP contribution in [0.25, 0.3) is 0 Å². The minimum absolute atomic E-state index is 0.149. The Hall–Kier alpha value is -0.120. The predicted molar refractivity (Wildman–Crippen MR) is 66.3 cm³/mol. The van der Waals surface area contributed by atoms with Crippen molar-refractivity contribution in [2.75, 3.05) is 19.7 Å². The maximum Gasteiger partial charge on any atom is 0.0894 e. The molecule has 0 radical (unpaired) electrons. The molecule has 1 saturated carbocycles. The van der Waals surface area contributed by atoms with Crippen LogP contribution in [0.15, 0.2) is 0 Å². The molecule has 0 aliphatic heterocycles. The van der Waals surface area contributed by atoms with E-state index in [1.54, 1.807) is 0 Å². The van der Waals surface area contributed by atoms with E-state index in [2.05, 4.69) is 19.2 Å². The standard InChI is InChI=1S/C13H27NO2/c1-11(2)7-13(5-3-4-6-13)10-14-8-12(16)9-15/h11-12,14-16H,3-10H2,1-2H3/t12-/m0/s1. The van der Waals surface area contributed by atoms with Gasteiger partial charge in [-0.15, -0.1) is 0 Å². The van der Waals surface area contributed by atoms with Gasteiger partial charge in [0.05, 0.1) is 12.7 Å². The lowest BCUT2D eigenvalue weighted by Crippen LogP contribution is -2.38. The van der Waals surface area contributed by atoms with E-state index in [-0.39, 0.29) is 6.61 Å². The fourth-order valence-corrected chi connectivity index (χ4v) is 3.01. The van der Waals surface area contributed by atoms with Crippen molar-refractivity contribution in [3.63, 3.8) is 0 Å². The topological polar surface area (TPSA) is 52.5 Å². The van der Waals surface area contributed by atoms with Gasteiger partial charge >= 0.3 is 0 Å². The highest BCUT2D eigenvalue weighted by Gasteiger charge is 2.33. The Morgan fingerprint density at radius 2 is 1.88 bits per heavy atom. The Balaban J connectivity index is 2.33. The Morgan fingerprint density at radius 3 is 2.38 bits per heavy atom. The largest absolute Gasteiger partial charge is 0.394 e. The van der Waals surface area contributed by atoms with Crippen LogP contribution in [-0.4, -0.2) is 36.0 Å². The second-order valence-electron chi connectivity index (χ2n) is 5.77. The minimum Gasteiger partial charge on any atom is -0.394 e. The van der Waals surface area contributed by atoms with E-state index >= 15 is 0 Å². The Kier molecular flexibility index (Phi) is 5.73. The lowest BCUT2D eigenvalue weighted by molar-refractivity contribution is 0.0897. The fraction of sp³-hybridized carbons (Fsp3) is 1.00. The predicted octanol–water partition coefficient (Wildman–Crippen LogP) is 1.54. The third kappa shape index (κ3) is 4.40. The van der Waals surface area contributed by atoms with Crippen molar-refractivity contribution in [3.8, 4) is 0 Å². The van der Waals surface area contributed by atoms with Gasteiger partial charge in [0.1, 0.15) is 0 Å². The maximum absolute atomic E-state index is 9.29. The van der Waals surface area contributed by atoms with Gasteiger partial charge in [0.15, 0.2) is 0 Å². The summed E-state index contributed by atoms with van der Waals surface area (Å²) >= 11 is 0. The van der Waals surface area contributed by atoms with Crippen LogP contribution in [0.4, 0.5) is 0 Å². The molecule has 96 valence electrons. The lowest BCUT2D eigenvalue weighted by atomic mass is 9.78. The van der Waals surface area contributed by atoms with Crippen molar-refractivity contribution >= 4 is 0 Å². The van der Waals surface area contributed by atoms with Gasteiger partial charge in [0.2, 0.25) is 0 Å². The Labute approximate surface area is 99.3 Å². The van der Waals surface area contributed by atoms with Gasteiger partial charge in [0.25, 0.3) is 0 Å². The second kappa shape index (κ2) is 6.58. The van der Waals surface area contributed by atoms with Crippen molar-refractivity contribution < 1.29 is 10.2 Å². The normalized spacial score (nSPS) is 21.6. The average Bonchev–Trinajstić information content (AvgIpc) is 2.65. The van der Waals surface area contributed by atoms with Gasteiger partial charge in [-0.2, -0.15) is 0 Å².